The van der Waals surface area contributed by atoms with Gasteiger partial charge in [0.1, 0.15) is 0 Å². The number of carboxylic acids is 1. The summed E-state index contributed by atoms with van der Waals surface area (Å²) in [5.41, 5.74) is 2.94. The molecule has 1 atom stereocenters. The van der Waals surface area contributed by atoms with Crippen LogP contribution in [0.3, 0.4) is 0 Å². The van der Waals surface area contributed by atoms with E-state index in [1.807, 2.05) is 19.1 Å². The number of hydrogen-bond acceptors (Lipinski definition) is 7. The predicted octanol–water partition coefficient (Wildman–Crippen LogP) is 5.15. The molecule has 0 saturated carbocycles. The topological polar surface area (TPSA) is 87.6 Å². The third-order valence-corrected chi connectivity index (χ3v) is 6.12. The zero-order valence-corrected chi connectivity index (χ0v) is 19.2. The highest BCUT2D eigenvalue weighted by molar-refractivity contribution is 7.10. The summed E-state index contributed by atoms with van der Waals surface area (Å²) in [5, 5.41) is 13.4. The molecule has 7 nitrogen and oxygen atoms in total. The van der Waals surface area contributed by atoms with Gasteiger partial charge in [-0.2, -0.15) is 9.36 Å². The largest absolute Gasteiger partial charge is 0.481 e. The number of carbonyl (C=O) groups is 1. The van der Waals surface area contributed by atoms with Crippen LogP contribution in [0.15, 0.2) is 18.2 Å². The van der Waals surface area contributed by atoms with Crippen LogP contribution < -0.4 is 10.2 Å². The summed E-state index contributed by atoms with van der Waals surface area (Å²) in [4.78, 5) is 17.9. The summed E-state index contributed by atoms with van der Waals surface area (Å²) < 4.78 is 9.63. The Morgan fingerprint density at radius 2 is 2.10 bits per heavy atom. The van der Waals surface area contributed by atoms with Crippen molar-refractivity contribution in [2.45, 2.75) is 52.0 Å². The van der Waals surface area contributed by atoms with Crippen molar-refractivity contribution in [3.63, 3.8) is 0 Å². The minimum atomic E-state index is -0.805. The second kappa shape index (κ2) is 10.4. The van der Waals surface area contributed by atoms with E-state index in [1.165, 1.54) is 11.5 Å². The fourth-order valence-electron chi connectivity index (χ4n) is 3.80. The number of hydrogen-bond donors (Lipinski definition) is 2. The lowest BCUT2D eigenvalue weighted by Crippen LogP contribution is -2.42. The average Bonchev–Trinajstić information content (AvgIpc) is 3.11. The maximum atomic E-state index is 11.2. The normalized spacial score (nSPS) is 15.9. The molecule has 30 heavy (non-hydrogen) atoms. The second-order valence-electron chi connectivity index (χ2n) is 8.16. The molecule has 2 heterocycles. The quantitative estimate of drug-likeness (QED) is 0.543. The standard InChI is InChI=1S/C21H29ClN4O3S/c1-13(2)12-26(16-6-8-29-9-7-16)18-5-4-15(14(3)10-19(27)28)11-17(18)23-21-24-20(22)25-30-21/h4-5,11,13-14,16H,6-10,12H2,1-3H3,(H,27,28)(H,23,24,25)/t14-/m1/s1. The highest BCUT2D eigenvalue weighted by Crippen LogP contribution is 2.36. The summed E-state index contributed by atoms with van der Waals surface area (Å²) >= 11 is 7.12. The van der Waals surface area contributed by atoms with Crippen molar-refractivity contribution >= 4 is 45.6 Å². The molecule has 1 aromatic heterocycles. The number of anilines is 3. The van der Waals surface area contributed by atoms with E-state index in [2.05, 4.69) is 39.5 Å². The van der Waals surface area contributed by atoms with Crippen LogP contribution in [-0.2, 0) is 9.53 Å². The molecule has 1 aromatic carbocycles. The van der Waals surface area contributed by atoms with Gasteiger partial charge < -0.3 is 20.1 Å². The fraction of sp³-hybridized carbons (Fsp3) is 0.571. The van der Waals surface area contributed by atoms with Crippen LogP contribution >= 0.6 is 23.1 Å². The molecule has 3 rings (SSSR count). The summed E-state index contributed by atoms with van der Waals surface area (Å²) in [5.74, 6) is -0.417. The summed E-state index contributed by atoms with van der Waals surface area (Å²) in [6.07, 6.45) is 2.04. The molecular formula is C21H29ClN4O3S. The summed E-state index contributed by atoms with van der Waals surface area (Å²) in [6.45, 7) is 8.81. The molecule has 0 amide bonds. The Kier molecular flexibility index (Phi) is 7.91. The molecule has 0 bridgehead atoms. The Labute approximate surface area is 186 Å². The number of ether oxygens (including phenoxy) is 1. The lowest BCUT2D eigenvalue weighted by Gasteiger charge is -2.38. The number of nitrogens with zero attached hydrogens (tertiary/aromatic N) is 3. The first-order valence-corrected chi connectivity index (χ1v) is 11.4. The molecule has 0 aliphatic carbocycles. The van der Waals surface area contributed by atoms with Crippen molar-refractivity contribution in [3.8, 4) is 0 Å². The maximum absolute atomic E-state index is 11.2. The van der Waals surface area contributed by atoms with Crippen LogP contribution in [0.4, 0.5) is 16.5 Å². The zero-order chi connectivity index (χ0) is 21.7. The van der Waals surface area contributed by atoms with Crippen LogP contribution in [-0.4, -0.2) is 46.2 Å². The number of aromatic nitrogens is 2. The monoisotopic (exact) mass is 452 g/mol. The van der Waals surface area contributed by atoms with Crippen LogP contribution in [0.1, 0.15) is 51.5 Å². The Morgan fingerprint density at radius 3 is 2.70 bits per heavy atom. The van der Waals surface area contributed by atoms with Crippen molar-refractivity contribution in [1.82, 2.24) is 9.36 Å². The van der Waals surface area contributed by atoms with Gasteiger partial charge in [0.15, 0.2) is 0 Å². The number of halogens is 1. The SMILES string of the molecule is CC(C)CN(c1ccc([C@H](C)CC(=O)O)cc1Nc1nc(Cl)ns1)C1CCOCC1. The Morgan fingerprint density at radius 1 is 1.37 bits per heavy atom. The van der Waals surface area contributed by atoms with E-state index >= 15 is 0 Å². The smallest absolute Gasteiger partial charge is 0.303 e. The van der Waals surface area contributed by atoms with Gasteiger partial charge in [-0.15, -0.1) is 0 Å². The summed E-state index contributed by atoms with van der Waals surface area (Å²) in [6, 6.07) is 6.55. The molecule has 9 heteroatoms. The van der Waals surface area contributed by atoms with Crippen LogP contribution in [0.25, 0.3) is 0 Å². The van der Waals surface area contributed by atoms with E-state index < -0.39 is 5.97 Å². The van der Waals surface area contributed by atoms with E-state index in [0.29, 0.717) is 17.1 Å². The van der Waals surface area contributed by atoms with Gasteiger partial charge in [-0.1, -0.05) is 26.8 Å². The number of rotatable bonds is 9. The Balaban J connectivity index is 1.99. The van der Waals surface area contributed by atoms with Crippen molar-refractivity contribution < 1.29 is 14.6 Å². The molecule has 1 fully saturated rings. The Hall–Kier alpha value is -1.90. The molecule has 164 valence electrons. The first kappa shape index (κ1) is 22.8. The molecule has 1 aliphatic heterocycles. The van der Waals surface area contributed by atoms with E-state index in [1.54, 1.807) is 0 Å². The molecule has 1 saturated heterocycles. The Bertz CT molecular complexity index is 855. The molecule has 0 spiro atoms. The van der Waals surface area contributed by atoms with Gasteiger partial charge in [0.05, 0.1) is 17.8 Å². The van der Waals surface area contributed by atoms with Crippen LogP contribution in [0, 0.1) is 5.92 Å². The minimum Gasteiger partial charge on any atom is -0.481 e. The second-order valence-corrected chi connectivity index (χ2v) is 9.25. The van der Waals surface area contributed by atoms with E-state index in [4.69, 9.17) is 16.3 Å². The molecule has 2 aromatic rings. The number of nitrogens with one attached hydrogen (secondary N) is 1. The van der Waals surface area contributed by atoms with Crippen LogP contribution in [0.5, 0.6) is 0 Å². The first-order chi connectivity index (χ1) is 14.3. The van der Waals surface area contributed by atoms with Gasteiger partial charge in [-0.3, -0.25) is 4.79 Å². The summed E-state index contributed by atoms with van der Waals surface area (Å²) in [7, 11) is 0. The number of aliphatic carboxylic acids is 1. The lowest BCUT2D eigenvalue weighted by molar-refractivity contribution is -0.137. The van der Waals surface area contributed by atoms with Gasteiger partial charge in [0.2, 0.25) is 10.4 Å². The van der Waals surface area contributed by atoms with Crippen molar-refractivity contribution in [1.29, 1.82) is 0 Å². The van der Waals surface area contributed by atoms with E-state index in [0.717, 1.165) is 49.5 Å². The van der Waals surface area contributed by atoms with E-state index in [9.17, 15) is 9.90 Å². The maximum Gasteiger partial charge on any atom is 0.303 e. The van der Waals surface area contributed by atoms with Crippen LogP contribution in [0.2, 0.25) is 5.28 Å². The van der Waals surface area contributed by atoms with Gasteiger partial charge in [-0.25, -0.2) is 0 Å². The molecule has 0 unspecified atom stereocenters. The molecule has 1 aliphatic rings. The van der Waals surface area contributed by atoms with Gasteiger partial charge in [-0.05, 0) is 54.0 Å². The highest BCUT2D eigenvalue weighted by Gasteiger charge is 2.25. The van der Waals surface area contributed by atoms with Crippen molar-refractivity contribution in [3.05, 3.63) is 29.0 Å². The predicted molar refractivity (Wildman–Crippen MR) is 121 cm³/mol. The molecule has 2 N–H and O–H groups in total. The average molecular weight is 453 g/mol. The number of benzene rings is 1. The minimum absolute atomic E-state index is 0.0824. The third kappa shape index (κ3) is 6.06. The molecule has 0 radical (unpaired) electrons. The lowest BCUT2D eigenvalue weighted by atomic mass is 9.95. The zero-order valence-electron chi connectivity index (χ0n) is 17.6. The number of carboxylic acid groups (broad SMARTS) is 1. The van der Waals surface area contributed by atoms with E-state index in [-0.39, 0.29) is 17.6 Å². The fourth-order valence-corrected chi connectivity index (χ4v) is 4.52. The van der Waals surface area contributed by atoms with Gasteiger partial charge >= 0.3 is 5.97 Å². The van der Waals surface area contributed by atoms with Gasteiger partial charge in [0.25, 0.3) is 0 Å². The first-order valence-electron chi connectivity index (χ1n) is 10.3. The third-order valence-electron chi connectivity index (χ3n) is 5.22. The van der Waals surface area contributed by atoms with Gasteiger partial charge in [0, 0.05) is 37.3 Å². The van der Waals surface area contributed by atoms with Crippen molar-refractivity contribution in [2.75, 3.05) is 30.0 Å². The highest BCUT2D eigenvalue weighted by atomic mass is 35.5. The molecular weight excluding hydrogens is 424 g/mol. The van der Waals surface area contributed by atoms with Crippen molar-refractivity contribution in [2.24, 2.45) is 5.92 Å².